The number of anilines is 2. The van der Waals surface area contributed by atoms with Gasteiger partial charge in [0.1, 0.15) is 17.3 Å². The van der Waals surface area contributed by atoms with Crippen LogP contribution in [0, 0.1) is 0 Å². The van der Waals surface area contributed by atoms with E-state index in [2.05, 4.69) is 26.8 Å². The van der Waals surface area contributed by atoms with Gasteiger partial charge in [0.25, 0.3) is 10.0 Å². The number of aromatic nitrogens is 3. The van der Waals surface area contributed by atoms with E-state index in [0.29, 0.717) is 42.7 Å². The van der Waals surface area contributed by atoms with Crippen molar-refractivity contribution in [1.82, 2.24) is 19.3 Å². The Morgan fingerprint density at radius 2 is 2.10 bits per heavy atom. The number of rotatable bonds is 8. The maximum Gasteiger partial charge on any atom is 0.305 e. The van der Waals surface area contributed by atoms with Crippen LogP contribution in [0.3, 0.4) is 0 Å². The van der Waals surface area contributed by atoms with Gasteiger partial charge in [0, 0.05) is 49.7 Å². The second-order valence-corrected chi connectivity index (χ2v) is 8.22. The molecule has 11 heteroatoms. The van der Waals surface area contributed by atoms with Crippen LogP contribution in [-0.4, -0.2) is 58.4 Å². The van der Waals surface area contributed by atoms with Crippen LogP contribution < -0.4 is 10.2 Å². The Hall–Kier alpha value is -3.47. The average Bonchev–Trinajstić information content (AvgIpc) is 3.01. The van der Waals surface area contributed by atoms with Gasteiger partial charge in [0.05, 0.1) is 6.42 Å². The molecule has 2 aromatic heterocycles. The summed E-state index contributed by atoms with van der Waals surface area (Å²) in [5.41, 5.74) is 0.565. The molecule has 0 unspecified atom stereocenters. The molecule has 1 aliphatic heterocycles. The molecule has 0 aromatic carbocycles. The summed E-state index contributed by atoms with van der Waals surface area (Å²) < 4.78 is 25.4. The van der Waals surface area contributed by atoms with Crippen LogP contribution in [0.15, 0.2) is 54.8 Å². The Kier molecular flexibility index (Phi) is 6.62. The van der Waals surface area contributed by atoms with E-state index in [1.54, 1.807) is 30.6 Å². The fourth-order valence-electron chi connectivity index (χ4n) is 2.78. The summed E-state index contributed by atoms with van der Waals surface area (Å²) in [5, 5.41) is 12.8. The summed E-state index contributed by atoms with van der Waals surface area (Å²) in [7, 11) is -3.56. The Morgan fingerprint density at radius 1 is 1.27 bits per heavy atom. The van der Waals surface area contributed by atoms with Crippen LogP contribution >= 0.6 is 0 Å². The first-order chi connectivity index (χ1) is 14.4. The number of aliphatic carboxylic acids is 1. The zero-order chi connectivity index (χ0) is 21.6. The highest BCUT2D eigenvalue weighted by molar-refractivity contribution is 7.92. The number of hydrogen-bond acceptors (Lipinski definition) is 8. The predicted molar refractivity (Wildman–Crippen MR) is 113 cm³/mol. The third kappa shape index (κ3) is 5.32. The number of carboxylic acid groups (broad SMARTS) is 1. The van der Waals surface area contributed by atoms with Crippen LogP contribution in [0.4, 0.5) is 11.6 Å². The van der Waals surface area contributed by atoms with Crippen LogP contribution in [0.5, 0.6) is 0 Å². The van der Waals surface area contributed by atoms with Gasteiger partial charge in [0.2, 0.25) is 0 Å². The Morgan fingerprint density at radius 3 is 2.80 bits per heavy atom. The fraction of sp³-hybridized carbons (Fsp3) is 0.263. The Balaban J connectivity index is 1.93. The molecule has 0 radical (unpaired) electrons. The molecule has 2 aromatic rings. The smallest absolute Gasteiger partial charge is 0.305 e. The Bertz CT molecular complexity index is 1040. The summed E-state index contributed by atoms with van der Waals surface area (Å²) in [5.74, 6) is 0.451. The zero-order valence-corrected chi connectivity index (χ0v) is 17.0. The number of nitrogens with one attached hydrogen (secondary N) is 1. The molecular formula is C19H22N6O4S. The Labute approximate surface area is 174 Å². The standard InChI is InChI=1S/C19H22N6O4S/c1-2-30(28,29)25-11-5-10-24(12-13-25)17-14-16(21-9-7-18(26)27)22-19(23-17)15-6-3-4-8-20-15/h2-4,6,8,12-14H,1,5,7,9-11H2,(H,26,27)(H,21,22,23). The van der Waals surface area contributed by atoms with Crippen molar-refractivity contribution in [2.75, 3.05) is 29.9 Å². The average molecular weight is 430 g/mol. The van der Waals surface area contributed by atoms with Gasteiger partial charge in [-0.25, -0.2) is 18.4 Å². The molecule has 0 atom stereocenters. The molecule has 0 spiro atoms. The number of hydrogen-bond donors (Lipinski definition) is 2. The van der Waals surface area contributed by atoms with Crippen molar-refractivity contribution in [3.63, 3.8) is 0 Å². The first-order valence-electron chi connectivity index (χ1n) is 9.24. The van der Waals surface area contributed by atoms with Gasteiger partial charge < -0.3 is 15.3 Å². The molecule has 0 fully saturated rings. The normalized spacial score (nSPS) is 14.3. The molecule has 0 saturated heterocycles. The maximum atomic E-state index is 12.1. The van der Waals surface area contributed by atoms with Crippen molar-refractivity contribution < 1.29 is 18.3 Å². The van der Waals surface area contributed by atoms with E-state index < -0.39 is 16.0 Å². The minimum atomic E-state index is -3.56. The molecule has 3 rings (SSSR count). The number of nitrogens with zero attached hydrogens (tertiary/aromatic N) is 5. The lowest BCUT2D eigenvalue weighted by Crippen LogP contribution is -2.24. The van der Waals surface area contributed by atoms with Gasteiger partial charge in [-0.2, -0.15) is 0 Å². The van der Waals surface area contributed by atoms with Crippen LogP contribution in [-0.2, 0) is 14.8 Å². The minimum absolute atomic E-state index is 0.0593. The SMILES string of the molecule is C=CS(=O)(=O)N1C=CN(c2cc(NCCC(=O)O)nc(-c3ccccn3)n2)CCC1. The lowest BCUT2D eigenvalue weighted by atomic mass is 10.3. The largest absolute Gasteiger partial charge is 0.481 e. The van der Waals surface area contributed by atoms with Gasteiger partial charge in [-0.1, -0.05) is 12.6 Å². The van der Waals surface area contributed by atoms with Gasteiger partial charge in [0.15, 0.2) is 5.82 Å². The lowest BCUT2D eigenvalue weighted by molar-refractivity contribution is -0.136. The van der Waals surface area contributed by atoms with Crippen molar-refractivity contribution in [3.8, 4) is 11.5 Å². The zero-order valence-electron chi connectivity index (χ0n) is 16.2. The molecular weight excluding hydrogens is 408 g/mol. The second-order valence-electron chi connectivity index (χ2n) is 6.39. The molecule has 1 aliphatic rings. The van der Waals surface area contributed by atoms with Crippen molar-refractivity contribution in [3.05, 3.63) is 54.8 Å². The van der Waals surface area contributed by atoms with Crippen molar-refractivity contribution >= 4 is 27.6 Å². The summed E-state index contributed by atoms with van der Waals surface area (Å²) in [4.78, 5) is 25.9. The topological polar surface area (TPSA) is 129 Å². The van der Waals surface area contributed by atoms with Crippen molar-refractivity contribution in [1.29, 1.82) is 0 Å². The monoisotopic (exact) mass is 430 g/mol. The molecule has 3 heterocycles. The van der Waals surface area contributed by atoms with E-state index in [1.165, 1.54) is 10.5 Å². The minimum Gasteiger partial charge on any atom is -0.481 e. The maximum absolute atomic E-state index is 12.1. The summed E-state index contributed by atoms with van der Waals surface area (Å²) >= 11 is 0. The van der Waals surface area contributed by atoms with Crippen LogP contribution in [0.2, 0.25) is 0 Å². The van der Waals surface area contributed by atoms with Gasteiger partial charge in [-0.3, -0.25) is 14.1 Å². The number of carbonyl (C=O) groups is 1. The predicted octanol–water partition coefficient (Wildman–Crippen LogP) is 1.88. The quantitative estimate of drug-likeness (QED) is 0.645. The second kappa shape index (κ2) is 9.35. The van der Waals surface area contributed by atoms with Crippen molar-refractivity contribution in [2.24, 2.45) is 0 Å². The van der Waals surface area contributed by atoms with E-state index in [0.717, 1.165) is 5.41 Å². The fourth-order valence-corrected chi connectivity index (χ4v) is 3.58. The lowest BCUT2D eigenvalue weighted by Gasteiger charge is -2.19. The number of pyridine rings is 1. The molecule has 2 N–H and O–H groups in total. The summed E-state index contributed by atoms with van der Waals surface area (Å²) in [6, 6.07) is 7.07. The molecule has 0 saturated carbocycles. The first kappa shape index (κ1) is 21.2. The van der Waals surface area contributed by atoms with E-state index in [-0.39, 0.29) is 13.0 Å². The van der Waals surface area contributed by atoms with Gasteiger partial charge in [-0.05, 0) is 18.6 Å². The third-order valence-electron chi connectivity index (χ3n) is 4.27. The molecule has 0 bridgehead atoms. The van der Waals surface area contributed by atoms with E-state index in [9.17, 15) is 13.2 Å². The first-order valence-corrected chi connectivity index (χ1v) is 10.7. The number of sulfonamides is 1. The summed E-state index contributed by atoms with van der Waals surface area (Å²) in [6.07, 6.45) is 5.26. The van der Waals surface area contributed by atoms with Gasteiger partial charge >= 0.3 is 5.97 Å². The van der Waals surface area contributed by atoms with Crippen LogP contribution in [0.25, 0.3) is 11.5 Å². The molecule has 158 valence electrons. The molecule has 0 amide bonds. The van der Waals surface area contributed by atoms with E-state index in [4.69, 9.17) is 5.11 Å². The molecule has 30 heavy (non-hydrogen) atoms. The third-order valence-corrected chi connectivity index (χ3v) is 5.65. The van der Waals surface area contributed by atoms with Crippen molar-refractivity contribution in [2.45, 2.75) is 12.8 Å². The van der Waals surface area contributed by atoms with Gasteiger partial charge in [-0.15, -0.1) is 0 Å². The van der Waals surface area contributed by atoms with E-state index >= 15 is 0 Å². The highest BCUT2D eigenvalue weighted by Crippen LogP contribution is 2.23. The number of carboxylic acids is 1. The summed E-state index contributed by atoms with van der Waals surface area (Å²) in [6.45, 7) is 4.42. The molecule has 0 aliphatic carbocycles. The highest BCUT2D eigenvalue weighted by atomic mass is 32.2. The van der Waals surface area contributed by atoms with Crippen LogP contribution in [0.1, 0.15) is 12.8 Å². The van der Waals surface area contributed by atoms with E-state index in [1.807, 2.05) is 11.0 Å². The molecule has 10 nitrogen and oxygen atoms in total. The highest BCUT2D eigenvalue weighted by Gasteiger charge is 2.19.